The van der Waals surface area contributed by atoms with E-state index in [9.17, 15) is 4.79 Å². The van der Waals surface area contributed by atoms with Crippen molar-refractivity contribution in [1.29, 1.82) is 0 Å². The van der Waals surface area contributed by atoms with Gasteiger partial charge in [0.1, 0.15) is 11.2 Å². The average Bonchev–Trinajstić information content (AvgIpc) is 3.00. The molecule has 3 heterocycles. The molecule has 130 valence electrons. The average molecular weight is 403 g/mol. The molecule has 1 fully saturated rings. The molecule has 0 spiro atoms. The summed E-state index contributed by atoms with van der Waals surface area (Å²) in [5.74, 6) is -0.224. The van der Waals surface area contributed by atoms with Gasteiger partial charge in [0.05, 0.1) is 18.3 Å². The van der Waals surface area contributed by atoms with Gasteiger partial charge in [-0.05, 0) is 51.7 Å². The van der Waals surface area contributed by atoms with Crippen molar-refractivity contribution < 1.29 is 14.3 Å². The summed E-state index contributed by atoms with van der Waals surface area (Å²) < 4.78 is 12.0. The van der Waals surface area contributed by atoms with E-state index in [0.29, 0.717) is 18.8 Å². The summed E-state index contributed by atoms with van der Waals surface area (Å²) in [6.45, 7) is 5.70. The van der Waals surface area contributed by atoms with Crippen LogP contribution in [0.5, 0.6) is 0 Å². The smallest absolute Gasteiger partial charge is 0.338 e. The molecule has 0 aliphatic carbocycles. The van der Waals surface area contributed by atoms with Crippen LogP contribution in [-0.2, 0) is 22.6 Å². The fraction of sp³-hybridized carbons (Fsp3) is 0.368. The predicted molar refractivity (Wildman–Crippen MR) is 96.2 cm³/mol. The van der Waals surface area contributed by atoms with Crippen molar-refractivity contribution in [3.63, 3.8) is 0 Å². The lowest BCUT2D eigenvalue weighted by molar-refractivity contribution is -0.0332. The number of rotatable bonds is 3. The first-order valence-corrected chi connectivity index (χ1v) is 9.15. The Labute approximate surface area is 155 Å². The van der Waals surface area contributed by atoms with Crippen molar-refractivity contribution >= 4 is 21.9 Å². The van der Waals surface area contributed by atoms with Gasteiger partial charge in [0.15, 0.2) is 0 Å². The Morgan fingerprint density at radius 2 is 2.20 bits per heavy atom. The van der Waals surface area contributed by atoms with Crippen molar-refractivity contribution in [2.24, 2.45) is 0 Å². The maximum atomic E-state index is 11.7. The van der Waals surface area contributed by atoms with Gasteiger partial charge in [-0.3, -0.25) is 4.90 Å². The summed E-state index contributed by atoms with van der Waals surface area (Å²) in [4.78, 5) is 18.4. The molecule has 1 saturated heterocycles. The van der Waals surface area contributed by atoms with Crippen LogP contribution in [0.25, 0.3) is 0 Å². The number of aromatic nitrogens is 1. The monoisotopic (exact) mass is 402 g/mol. The van der Waals surface area contributed by atoms with Gasteiger partial charge in [0.25, 0.3) is 0 Å². The quantitative estimate of drug-likeness (QED) is 0.581. The van der Waals surface area contributed by atoms with Gasteiger partial charge in [0, 0.05) is 31.4 Å². The number of hydrogen-bond acceptors (Lipinski definition) is 5. The standard InChI is InChI=1S/C19H19BrN2O3/c1-12-14(3-4-15-16(12)11-25-19(15)23)17-10-22(6-7-24-17)9-13-2-5-18(20)21-8-13/h2-5,8,17H,6-7,9-11H2,1H3/t17-/m0/s1. The zero-order valence-corrected chi connectivity index (χ0v) is 15.6. The van der Waals surface area contributed by atoms with E-state index >= 15 is 0 Å². The third-order valence-electron chi connectivity index (χ3n) is 4.90. The minimum Gasteiger partial charge on any atom is -0.457 e. The zero-order chi connectivity index (χ0) is 17.4. The summed E-state index contributed by atoms with van der Waals surface area (Å²) in [5.41, 5.74) is 5.14. The van der Waals surface area contributed by atoms with Crippen molar-refractivity contribution in [2.45, 2.75) is 26.2 Å². The highest BCUT2D eigenvalue weighted by molar-refractivity contribution is 9.10. The molecule has 4 rings (SSSR count). The number of carbonyl (C=O) groups is 1. The molecule has 2 aliphatic rings. The van der Waals surface area contributed by atoms with Crippen molar-refractivity contribution in [2.75, 3.05) is 19.7 Å². The number of carbonyl (C=O) groups excluding carboxylic acids is 1. The first-order chi connectivity index (χ1) is 12.1. The number of hydrogen-bond donors (Lipinski definition) is 0. The van der Waals surface area contributed by atoms with E-state index in [2.05, 4.69) is 38.8 Å². The van der Waals surface area contributed by atoms with Crippen LogP contribution < -0.4 is 0 Å². The first-order valence-electron chi connectivity index (χ1n) is 8.35. The lowest BCUT2D eigenvalue weighted by Crippen LogP contribution is -2.38. The van der Waals surface area contributed by atoms with Gasteiger partial charge >= 0.3 is 5.97 Å². The minimum atomic E-state index is -0.224. The molecule has 6 heteroatoms. The van der Waals surface area contributed by atoms with Crippen LogP contribution in [0.15, 0.2) is 35.1 Å². The summed E-state index contributed by atoms with van der Waals surface area (Å²) in [6.07, 6.45) is 1.91. The number of ether oxygens (including phenoxy) is 2. The summed E-state index contributed by atoms with van der Waals surface area (Å²) in [5, 5.41) is 0. The Balaban J connectivity index is 1.52. The summed E-state index contributed by atoms with van der Waals surface area (Å²) in [6, 6.07) is 7.93. The predicted octanol–water partition coefficient (Wildman–Crippen LogP) is 3.40. The molecular weight excluding hydrogens is 384 g/mol. The Bertz CT molecular complexity index is 807. The molecule has 2 aromatic rings. The fourth-order valence-corrected chi connectivity index (χ4v) is 3.74. The highest BCUT2D eigenvalue weighted by Gasteiger charge is 2.28. The molecule has 5 nitrogen and oxygen atoms in total. The van der Waals surface area contributed by atoms with Crippen LogP contribution in [0, 0.1) is 6.92 Å². The summed E-state index contributed by atoms with van der Waals surface area (Å²) in [7, 11) is 0. The van der Waals surface area contributed by atoms with Gasteiger partial charge in [-0.15, -0.1) is 0 Å². The molecule has 0 saturated carbocycles. The lowest BCUT2D eigenvalue weighted by Gasteiger charge is -2.34. The second-order valence-corrected chi connectivity index (χ2v) is 7.28. The van der Waals surface area contributed by atoms with Crippen LogP contribution in [-0.4, -0.2) is 35.5 Å². The number of nitrogens with zero attached hydrogens (tertiary/aromatic N) is 2. The normalized spacial score (nSPS) is 20.4. The van der Waals surface area contributed by atoms with Gasteiger partial charge < -0.3 is 9.47 Å². The maximum Gasteiger partial charge on any atom is 0.338 e. The molecule has 25 heavy (non-hydrogen) atoms. The number of pyridine rings is 1. The molecule has 0 bridgehead atoms. The summed E-state index contributed by atoms with van der Waals surface area (Å²) >= 11 is 3.37. The number of fused-ring (bicyclic) bond motifs is 1. The SMILES string of the molecule is Cc1c([C@@H]2CN(Cc3ccc(Br)nc3)CCO2)ccc2c1COC2=O. The molecule has 0 N–H and O–H groups in total. The van der Waals surface area contributed by atoms with Crippen LogP contribution in [0.2, 0.25) is 0 Å². The molecular formula is C19H19BrN2O3. The molecule has 1 aromatic heterocycles. The highest BCUT2D eigenvalue weighted by atomic mass is 79.9. The van der Waals surface area contributed by atoms with Gasteiger partial charge in [-0.25, -0.2) is 9.78 Å². The number of cyclic esters (lactones) is 1. The minimum absolute atomic E-state index is 0.0122. The van der Waals surface area contributed by atoms with Gasteiger partial charge in [-0.2, -0.15) is 0 Å². The largest absolute Gasteiger partial charge is 0.457 e. The first kappa shape index (κ1) is 16.7. The van der Waals surface area contributed by atoms with Crippen LogP contribution in [0.4, 0.5) is 0 Å². The van der Waals surface area contributed by atoms with E-state index < -0.39 is 0 Å². The van der Waals surface area contributed by atoms with E-state index in [4.69, 9.17) is 9.47 Å². The third kappa shape index (κ3) is 3.34. The van der Waals surface area contributed by atoms with Crippen molar-refractivity contribution in [3.8, 4) is 0 Å². The van der Waals surface area contributed by atoms with Crippen molar-refractivity contribution in [1.82, 2.24) is 9.88 Å². The highest BCUT2D eigenvalue weighted by Crippen LogP contribution is 2.32. The molecule has 0 unspecified atom stereocenters. The second kappa shape index (κ2) is 6.86. The number of halogens is 1. The van der Waals surface area contributed by atoms with Crippen LogP contribution in [0.1, 0.15) is 38.7 Å². The second-order valence-electron chi connectivity index (χ2n) is 6.47. The van der Waals surface area contributed by atoms with E-state index in [0.717, 1.165) is 40.9 Å². The maximum absolute atomic E-state index is 11.7. The Kier molecular flexibility index (Phi) is 4.58. The van der Waals surface area contributed by atoms with Gasteiger partial charge in [-0.1, -0.05) is 12.1 Å². The molecule has 2 aliphatic heterocycles. The zero-order valence-electron chi connectivity index (χ0n) is 14.0. The fourth-order valence-electron chi connectivity index (χ4n) is 3.51. The van der Waals surface area contributed by atoms with E-state index in [-0.39, 0.29) is 12.1 Å². The van der Waals surface area contributed by atoms with Gasteiger partial charge in [0.2, 0.25) is 0 Å². The number of benzene rings is 1. The number of esters is 1. The topological polar surface area (TPSA) is 51.7 Å². The van der Waals surface area contributed by atoms with E-state index in [1.54, 1.807) is 0 Å². The lowest BCUT2D eigenvalue weighted by atomic mass is 9.94. The molecule has 1 atom stereocenters. The van der Waals surface area contributed by atoms with Crippen LogP contribution >= 0.6 is 15.9 Å². The molecule has 0 radical (unpaired) electrons. The van der Waals surface area contributed by atoms with Crippen molar-refractivity contribution in [3.05, 3.63) is 62.9 Å². The van der Waals surface area contributed by atoms with Crippen LogP contribution in [0.3, 0.4) is 0 Å². The Morgan fingerprint density at radius 3 is 3.00 bits per heavy atom. The Hall–Kier alpha value is -1.76. The van der Waals surface area contributed by atoms with E-state index in [1.807, 2.05) is 24.4 Å². The molecule has 1 aromatic carbocycles. The number of morpholine rings is 1. The molecule has 0 amide bonds. The Morgan fingerprint density at radius 1 is 1.32 bits per heavy atom. The van der Waals surface area contributed by atoms with E-state index in [1.165, 1.54) is 5.56 Å². The third-order valence-corrected chi connectivity index (χ3v) is 5.37.